The highest BCUT2D eigenvalue weighted by atomic mass is 32.1. The highest BCUT2D eigenvalue weighted by Gasteiger charge is 2.17. The average Bonchev–Trinajstić information content (AvgIpc) is 2.92. The first kappa shape index (κ1) is 13.4. The number of carbonyl (C=O) groups excluding carboxylic acids is 1. The molecule has 0 saturated carbocycles. The lowest BCUT2D eigenvalue weighted by molar-refractivity contribution is 0.0937. The Balaban J connectivity index is 2.19. The molecule has 2 rings (SSSR count). The Morgan fingerprint density at radius 3 is 2.95 bits per heavy atom. The number of nitrogens with one attached hydrogen (secondary N) is 1. The van der Waals surface area contributed by atoms with Gasteiger partial charge in [-0.1, -0.05) is 6.07 Å². The third-order valence-electron chi connectivity index (χ3n) is 2.66. The summed E-state index contributed by atoms with van der Waals surface area (Å²) < 4.78 is 5.17. The zero-order chi connectivity index (χ0) is 13.8. The molecule has 5 nitrogen and oxygen atoms in total. The predicted octanol–water partition coefficient (Wildman–Crippen LogP) is 2.22. The molecule has 0 saturated heterocycles. The first-order chi connectivity index (χ1) is 9.13. The van der Waals surface area contributed by atoms with Gasteiger partial charge in [0.05, 0.1) is 24.4 Å². The van der Waals surface area contributed by atoms with Gasteiger partial charge in [0.1, 0.15) is 5.01 Å². The van der Waals surface area contributed by atoms with E-state index in [0.29, 0.717) is 17.0 Å². The van der Waals surface area contributed by atoms with E-state index in [1.165, 1.54) is 18.4 Å². The van der Waals surface area contributed by atoms with E-state index in [2.05, 4.69) is 10.3 Å². The van der Waals surface area contributed by atoms with Crippen molar-refractivity contribution < 1.29 is 9.53 Å². The van der Waals surface area contributed by atoms with Crippen molar-refractivity contribution >= 4 is 22.9 Å². The number of methoxy groups -OCH3 is 1. The molecule has 3 N–H and O–H groups in total. The number of nitrogens with two attached hydrogens (primary N) is 1. The van der Waals surface area contributed by atoms with Crippen LogP contribution in [0.15, 0.2) is 29.8 Å². The van der Waals surface area contributed by atoms with Gasteiger partial charge in [0.2, 0.25) is 0 Å². The van der Waals surface area contributed by atoms with Gasteiger partial charge < -0.3 is 15.8 Å². The Bertz CT molecular complexity index is 569. The van der Waals surface area contributed by atoms with E-state index in [1.54, 1.807) is 24.4 Å². The fourth-order valence-corrected chi connectivity index (χ4v) is 2.39. The van der Waals surface area contributed by atoms with Crippen molar-refractivity contribution in [2.24, 2.45) is 0 Å². The van der Waals surface area contributed by atoms with Crippen LogP contribution in [0.2, 0.25) is 0 Å². The molecule has 1 amide bonds. The van der Waals surface area contributed by atoms with Gasteiger partial charge in [-0.3, -0.25) is 4.79 Å². The molecule has 0 aliphatic heterocycles. The van der Waals surface area contributed by atoms with Gasteiger partial charge in [0.15, 0.2) is 5.75 Å². The van der Waals surface area contributed by atoms with E-state index in [-0.39, 0.29) is 11.9 Å². The summed E-state index contributed by atoms with van der Waals surface area (Å²) in [5.74, 6) is 0.165. The van der Waals surface area contributed by atoms with Crippen molar-refractivity contribution in [1.29, 1.82) is 0 Å². The molecular weight excluding hydrogens is 262 g/mol. The number of thiazole rings is 1. The standard InChI is InChI=1S/C13H15N3O2S/c1-8(13-15-6-7-19-13)16-12(17)9-4-3-5-10(14)11(9)18-2/h3-8H,14H2,1-2H3,(H,16,17). The SMILES string of the molecule is COc1c(N)cccc1C(=O)NC(C)c1nccs1. The Morgan fingerprint density at radius 1 is 1.53 bits per heavy atom. The summed E-state index contributed by atoms with van der Waals surface area (Å²) in [6.45, 7) is 1.88. The third-order valence-corrected chi connectivity index (χ3v) is 3.62. The minimum Gasteiger partial charge on any atom is -0.494 e. The first-order valence-electron chi connectivity index (χ1n) is 5.76. The molecule has 1 aromatic heterocycles. The molecule has 2 aromatic rings. The molecule has 6 heteroatoms. The quantitative estimate of drug-likeness (QED) is 0.840. The molecule has 0 spiro atoms. The molecule has 1 heterocycles. The molecule has 1 unspecified atom stereocenters. The highest BCUT2D eigenvalue weighted by molar-refractivity contribution is 7.09. The van der Waals surface area contributed by atoms with Crippen LogP contribution in [-0.2, 0) is 0 Å². The lowest BCUT2D eigenvalue weighted by Gasteiger charge is -2.14. The topological polar surface area (TPSA) is 77.2 Å². The molecule has 19 heavy (non-hydrogen) atoms. The molecular formula is C13H15N3O2S. The van der Waals surface area contributed by atoms with Gasteiger partial charge in [-0.25, -0.2) is 4.98 Å². The highest BCUT2D eigenvalue weighted by Crippen LogP contribution is 2.26. The number of nitrogens with zero attached hydrogens (tertiary/aromatic N) is 1. The second kappa shape index (κ2) is 5.71. The Labute approximate surface area is 115 Å². The van der Waals surface area contributed by atoms with Crippen LogP contribution in [0.4, 0.5) is 5.69 Å². The van der Waals surface area contributed by atoms with Gasteiger partial charge >= 0.3 is 0 Å². The number of aromatic nitrogens is 1. The van der Waals surface area contributed by atoms with E-state index in [1.807, 2.05) is 12.3 Å². The number of anilines is 1. The predicted molar refractivity (Wildman–Crippen MR) is 75.4 cm³/mol. The van der Waals surface area contributed by atoms with Crippen LogP contribution in [0.3, 0.4) is 0 Å². The van der Waals surface area contributed by atoms with Crippen molar-refractivity contribution in [1.82, 2.24) is 10.3 Å². The van der Waals surface area contributed by atoms with Gasteiger partial charge in [0.25, 0.3) is 5.91 Å². The van der Waals surface area contributed by atoms with E-state index in [0.717, 1.165) is 5.01 Å². The van der Waals surface area contributed by atoms with Crippen LogP contribution < -0.4 is 15.8 Å². The number of hydrogen-bond donors (Lipinski definition) is 2. The number of hydrogen-bond acceptors (Lipinski definition) is 5. The van der Waals surface area contributed by atoms with E-state index in [9.17, 15) is 4.79 Å². The van der Waals surface area contributed by atoms with Crippen LogP contribution in [0.1, 0.15) is 28.3 Å². The lowest BCUT2D eigenvalue weighted by Crippen LogP contribution is -2.27. The maximum Gasteiger partial charge on any atom is 0.255 e. The minimum absolute atomic E-state index is 0.154. The van der Waals surface area contributed by atoms with Crippen molar-refractivity contribution in [2.45, 2.75) is 13.0 Å². The molecule has 0 radical (unpaired) electrons. The van der Waals surface area contributed by atoms with Gasteiger partial charge in [-0.2, -0.15) is 0 Å². The van der Waals surface area contributed by atoms with Crippen molar-refractivity contribution in [3.63, 3.8) is 0 Å². The van der Waals surface area contributed by atoms with E-state index < -0.39 is 0 Å². The number of rotatable bonds is 4. The number of nitrogen functional groups attached to an aromatic ring is 1. The van der Waals surface area contributed by atoms with E-state index >= 15 is 0 Å². The van der Waals surface area contributed by atoms with Crippen LogP contribution in [0.5, 0.6) is 5.75 Å². The zero-order valence-electron chi connectivity index (χ0n) is 10.7. The minimum atomic E-state index is -0.230. The van der Waals surface area contributed by atoms with Crippen molar-refractivity contribution in [3.8, 4) is 5.75 Å². The Kier molecular flexibility index (Phi) is 4.01. The average molecular weight is 277 g/mol. The molecule has 0 fully saturated rings. The van der Waals surface area contributed by atoms with Gasteiger partial charge in [-0.15, -0.1) is 11.3 Å². The number of amides is 1. The van der Waals surface area contributed by atoms with Crippen LogP contribution in [0, 0.1) is 0 Å². The van der Waals surface area contributed by atoms with Crippen LogP contribution in [-0.4, -0.2) is 18.0 Å². The van der Waals surface area contributed by atoms with Crippen molar-refractivity contribution in [3.05, 3.63) is 40.3 Å². The van der Waals surface area contributed by atoms with Gasteiger partial charge in [-0.05, 0) is 19.1 Å². The lowest BCUT2D eigenvalue weighted by atomic mass is 10.1. The summed E-state index contributed by atoms with van der Waals surface area (Å²) in [6, 6.07) is 4.94. The number of benzene rings is 1. The Morgan fingerprint density at radius 2 is 2.32 bits per heavy atom. The van der Waals surface area contributed by atoms with Crippen LogP contribution in [0.25, 0.3) is 0 Å². The van der Waals surface area contributed by atoms with Crippen molar-refractivity contribution in [2.75, 3.05) is 12.8 Å². The molecule has 1 atom stereocenters. The molecule has 0 aliphatic carbocycles. The largest absolute Gasteiger partial charge is 0.494 e. The fourth-order valence-electron chi connectivity index (χ4n) is 1.75. The zero-order valence-corrected chi connectivity index (χ0v) is 11.5. The first-order valence-corrected chi connectivity index (χ1v) is 6.64. The molecule has 0 bridgehead atoms. The summed E-state index contributed by atoms with van der Waals surface area (Å²) >= 11 is 1.50. The summed E-state index contributed by atoms with van der Waals surface area (Å²) in [7, 11) is 1.49. The second-order valence-electron chi connectivity index (χ2n) is 3.99. The number of para-hydroxylation sites is 1. The fraction of sp³-hybridized carbons (Fsp3) is 0.231. The monoisotopic (exact) mass is 277 g/mol. The summed E-state index contributed by atoms with van der Waals surface area (Å²) in [5.41, 5.74) is 6.64. The maximum absolute atomic E-state index is 12.2. The third kappa shape index (κ3) is 2.85. The smallest absolute Gasteiger partial charge is 0.255 e. The maximum atomic E-state index is 12.2. The number of carbonyl (C=O) groups is 1. The summed E-state index contributed by atoms with van der Waals surface area (Å²) in [6.07, 6.45) is 1.71. The summed E-state index contributed by atoms with van der Waals surface area (Å²) in [5, 5.41) is 5.61. The van der Waals surface area contributed by atoms with Gasteiger partial charge in [0, 0.05) is 11.6 Å². The van der Waals surface area contributed by atoms with Crippen LogP contribution >= 0.6 is 11.3 Å². The molecule has 1 aromatic carbocycles. The van der Waals surface area contributed by atoms with E-state index in [4.69, 9.17) is 10.5 Å². The molecule has 0 aliphatic rings. The Hall–Kier alpha value is -2.08. The summed E-state index contributed by atoms with van der Waals surface area (Å²) in [4.78, 5) is 16.4. The normalized spacial score (nSPS) is 11.9. The second-order valence-corrected chi connectivity index (χ2v) is 4.92. The number of ether oxygens (including phenoxy) is 1. The molecule has 100 valence electrons.